The Bertz CT molecular complexity index is 300. The molecule has 0 aliphatic rings. The van der Waals surface area contributed by atoms with Crippen LogP contribution in [0.25, 0.3) is 0 Å². The molecule has 92 valence electrons. The summed E-state index contributed by atoms with van der Waals surface area (Å²) in [6.07, 6.45) is 0.295. The number of ether oxygens (including phenoxy) is 1. The SMILES string of the molecule is CCNC(COC(C)C)c1cc(C)c(C)s1. The number of rotatable bonds is 6. The van der Waals surface area contributed by atoms with Gasteiger partial charge in [0, 0.05) is 9.75 Å². The minimum Gasteiger partial charge on any atom is -0.377 e. The molecule has 0 saturated carbocycles. The van der Waals surface area contributed by atoms with Gasteiger partial charge in [0.15, 0.2) is 0 Å². The molecule has 0 bridgehead atoms. The molecule has 16 heavy (non-hydrogen) atoms. The highest BCUT2D eigenvalue weighted by atomic mass is 32.1. The lowest BCUT2D eigenvalue weighted by atomic mass is 10.2. The lowest BCUT2D eigenvalue weighted by molar-refractivity contribution is 0.0621. The van der Waals surface area contributed by atoms with Gasteiger partial charge in [0.25, 0.3) is 0 Å². The second-order valence-corrected chi connectivity index (χ2v) is 5.67. The van der Waals surface area contributed by atoms with E-state index < -0.39 is 0 Å². The number of hydrogen-bond acceptors (Lipinski definition) is 3. The quantitative estimate of drug-likeness (QED) is 0.824. The average molecular weight is 241 g/mol. The van der Waals surface area contributed by atoms with Gasteiger partial charge in [0.2, 0.25) is 0 Å². The minimum atomic E-state index is 0.295. The van der Waals surface area contributed by atoms with E-state index in [4.69, 9.17) is 4.74 Å². The Morgan fingerprint density at radius 3 is 2.50 bits per heavy atom. The van der Waals surface area contributed by atoms with Gasteiger partial charge in [-0.15, -0.1) is 11.3 Å². The maximum absolute atomic E-state index is 5.70. The predicted octanol–water partition coefficient (Wildman–Crippen LogP) is 3.44. The molecule has 0 amide bonds. The molecule has 0 radical (unpaired) electrons. The number of thiophene rings is 1. The second kappa shape index (κ2) is 6.38. The first kappa shape index (κ1) is 13.7. The number of nitrogens with one attached hydrogen (secondary N) is 1. The van der Waals surface area contributed by atoms with Crippen LogP contribution in [0.1, 0.15) is 42.1 Å². The van der Waals surface area contributed by atoms with Gasteiger partial charge >= 0.3 is 0 Å². The summed E-state index contributed by atoms with van der Waals surface area (Å²) in [6, 6.07) is 2.61. The van der Waals surface area contributed by atoms with Crippen LogP contribution in [0.15, 0.2) is 6.07 Å². The summed E-state index contributed by atoms with van der Waals surface area (Å²) >= 11 is 1.87. The van der Waals surface area contributed by atoms with Crippen molar-refractivity contribution >= 4 is 11.3 Å². The van der Waals surface area contributed by atoms with Gasteiger partial charge in [-0.3, -0.25) is 0 Å². The predicted molar refractivity (Wildman–Crippen MR) is 71.3 cm³/mol. The average Bonchev–Trinajstić information content (AvgIpc) is 2.53. The molecule has 1 rings (SSSR count). The van der Waals surface area contributed by atoms with Gasteiger partial charge in [-0.05, 0) is 45.9 Å². The molecular formula is C13H23NOS. The fraction of sp³-hybridized carbons (Fsp3) is 0.692. The zero-order valence-electron chi connectivity index (χ0n) is 11.0. The molecule has 0 spiro atoms. The molecule has 0 aliphatic heterocycles. The first-order valence-electron chi connectivity index (χ1n) is 5.96. The van der Waals surface area contributed by atoms with E-state index in [1.807, 2.05) is 11.3 Å². The standard InChI is InChI=1S/C13H23NOS/c1-6-14-12(8-15-9(2)3)13-7-10(4)11(5)16-13/h7,9,12,14H,6,8H2,1-5H3. The van der Waals surface area contributed by atoms with Crippen LogP contribution < -0.4 is 5.32 Å². The lowest BCUT2D eigenvalue weighted by Gasteiger charge is -2.18. The van der Waals surface area contributed by atoms with Gasteiger partial charge in [-0.2, -0.15) is 0 Å². The summed E-state index contributed by atoms with van der Waals surface area (Å²) in [5.41, 5.74) is 1.38. The first-order chi connectivity index (χ1) is 7.54. The second-order valence-electron chi connectivity index (χ2n) is 4.38. The number of likely N-dealkylation sites (N-methyl/N-ethyl adjacent to an activating group) is 1. The van der Waals surface area contributed by atoms with Crippen molar-refractivity contribution in [3.8, 4) is 0 Å². The van der Waals surface area contributed by atoms with Crippen LogP contribution in [0.5, 0.6) is 0 Å². The van der Waals surface area contributed by atoms with Crippen molar-refractivity contribution in [2.24, 2.45) is 0 Å². The van der Waals surface area contributed by atoms with Gasteiger partial charge in [-0.25, -0.2) is 0 Å². The molecule has 2 nitrogen and oxygen atoms in total. The van der Waals surface area contributed by atoms with E-state index in [9.17, 15) is 0 Å². The van der Waals surface area contributed by atoms with E-state index in [1.165, 1.54) is 15.3 Å². The molecule has 0 aliphatic carbocycles. The van der Waals surface area contributed by atoms with Crippen molar-refractivity contribution in [1.29, 1.82) is 0 Å². The molecule has 1 heterocycles. The highest BCUT2D eigenvalue weighted by Gasteiger charge is 2.14. The molecule has 1 unspecified atom stereocenters. The minimum absolute atomic E-state index is 0.295. The summed E-state index contributed by atoms with van der Waals surface area (Å²) in [7, 11) is 0. The van der Waals surface area contributed by atoms with E-state index in [1.54, 1.807) is 0 Å². The summed E-state index contributed by atoms with van der Waals surface area (Å²) in [5, 5.41) is 3.48. The Kier molecular flexibility index (Phi) is 5.46. The monoisotopic (exact) mass is 241 g/mol. The van der Waals surface area contributed by atoms with Crippen LogP contribution in [-0.4, -0.2) is 19.3 Å². The van der Waals surface area contributed by atoms with Gasteiger partial charge < -0.3 is 10.1 Å². The molecule has 3 heteroatoms. The lowest BCUT2D eigenvalue weighted by Crippen LogP contribution is -2.25. The molecule has 0 aromatic carbocycles. The topological polar surface area (TPSA) is 21.3 Å². The smallest absolute Gasteiger partial charge is 0.0672 e. The fourth-order valence-electron chi connectivity index (χ4n) is 1.55. The fourth-order valence-corrected chi connectivity index (χ4v) is 2.65. The highest BCUT2D eigenvalue weighted by Crippen LogP contribution is 2.26. The summed E-state index contributed by atoms with van der Waals surface area (Å²) in [6.45, 7) is 12.4. The van der Waals surface area contributed by atoms with Crippen molar-refractivity contribution in [2.45, 2.75) is 46.8 Å². The van der Waals surface area contributed by atoms with Crippen molar-refractivity contribution in [1.82, 2.24) is 5.32 Å². The van der Waals surface area contributed by atoms with Crippen LogP contribution in [0.4, 0.5) is 0 Å². The van der Waals surface area contributed by atoms with E-state index in [-0.39, 0.29) is 0 Å². The molecule has 1 aromatic rings. The molecule has 0 fully saturated rings. The van der Waals surface area contributed by atoms with Crippen molar-refractivity contribution in [3.05, 3.63) is 21.4 Å². The van der Waals surface area contributed by atoms with Crippen LogP contribution in [0.2, 0.25) is 0 Å². The van der Waals surface area contributed by atoms with E-state index in [0.29, 0.717) is 12.1 Å². The van der Waals surface area contributed by atoms with Crippen molar-refractivity contribution in [2.75, 3.05) is 13.2 Å². The zero-order chi connectivity index (χ0) is 12.1. The Balaban J connectivity index is 2.68. The van der Waals surface area contributed by atoms with Gasteiger partial charge in [0.05, 0.1) is 18.8 Å². The molecular weight excluding hydrogens is 218 g/mol. The van der Waals surface area contributed by atoms with Crippen LogP contribution in [-0.2, 0) is 4.74 Å². The van der Waals surface area contributed by atoms with Gasteiger partial charge in [-0.1, -0.05) is 6.92 Å². The largest absolute Gasteiger partial charge is 0.377 e. The van der Waals surface area contributed by atoms with E-state index in [2.05, 4.69) is 46.0 Å². The van der Waals surface area contributed by atoms with Crippen LogP contribution >= 0.6 is 11.3 Å². The normalized spacial score (nSPS) is 13.4. The number of aryl methyl sites for hydroxylation is 2. The van der Waals surface area contributed by atoms with E-state index in [0.717, 1.165) is 13.2 Å². The Morgan fingerprint density at radius 2 is 2.06 bits per heavy atom. The zero-order valence-corrected chi connectivity index (χ0v) is 11.8. The third-order valence-corrected chi connectivity index (χ3v) is 3.84. The molecule has 1 N–H and O–H groups in total. The van der Waals surface area contributed by atoms with E-state index >= 15 is 0 Å². The summed E-state index contributed by atoms with van der Waals surface area (Å²) in [4.78, 5) is 2.79. The van der Waals surface area contributed by atoms with Crippen molar-refractivity contribution < 1.29 is 4.74 Å². The maximum Gasteiger partial charge on any atom is 0.0672 e. The first-order valence-corrected chi connectivity index (χ1v) is 6.78. The van der Waals surface area contributed by atoms with Crippen LogP contribution in [0, 0.1) is 13.8 Å². The van der Waals surface area contributed by atoms with Gasteiger partial charge in [0.1, 0.15) is 0 Å². The summed E-state index contributed by atoms with van der Waals surface area (Å²) < 4.78 is 5.70. The number of hydrogen-bond donors (Lipinski definition) is 1. The van der Waals surface area contributed by atoms with Crippen molar-refractivity contribution in [3.63, 3.8) is 0 Å². The highest BCUT2D eigenvalue weighted by molar-refractivity contribution is 7.12. The van der Waals surface area contributed by atoms with Crippen LogP contribution in [0.3, 0.4) is 0 Å². The molecule has 1 atom stereocenters. The Morgan fingerprint density at radius 1 is 1.38 bits per heavy atom. The Labute approximate surface area is 103 Å². The third-order valence-electron chi connectivity index (χ3n) is 2.58. The third kappa shape index (κ3) is 3.89. The summed E-state index contributed by atoms with van der Waals surface area (Å²) in [5.74, 6) is 0. The Hall–Kier alpha value is -0.380. The maximum atomic E-state index is 5.70. The molecule has 1 aromatic heterocycles. The molecule has 0 saturated heterocycles.